The van der Waals surface area contributed by atoms with E-state index in [9.17, 15) is 9.18 Å². The van der Waals surface area contributed by atoms with Crippen molar-refractivity contribution in [2.24, 2.45) is 0 Å². The Labute approximate surface area is 106 Å². The summed E-state index contributed by atoms with van der Waals surface area (Å²) < 4.78 is 13.1. The van der Waals surface area contributed by atoms with E-state index in [1.54, 1.807) is 17.9 Å². The van der Waals surface area contributed by atoms with Crippen LogP contribution in [0, 0.1) is 12.7 Å². The predicted octanol–water partition coefficient (Wildman–Crippen LogP) is 3.22. The Hall–Kier alpha value is -1.09. The molecule has 0 aliphatic heterocycles. The Morgan fingerprint density at radius 3 is 2.59 bits per heavy atom. The summed E-state index contributed by atoms with van der Waals surface area (Å²) in [5.41, 5.74) is 0.980. The lowest BCUT2D eigenvalue weighted by molar-refractivity contribution is 0.0718. The van der Waals surface area contributed by atoms with Crippen molar-refractivity contribution in [3.8, 4) is 0 Å². The van der Waals surface area contributed by atoms with Crippen LogP contribution < -0.4 is 0 Å². The molecule has 1 rings (SSSR count). The average molecular weight is 258 g/mol. The summed E-state index contributed by atoms with van der Waals surface area (Å²) in [6.07, 6.45) is 0. The van der Waals surface area contributed by atoms with Crippen molar-refractivity contribution >= 4 is 17.5 Å². The largest absolute Gasteiger partial charge is 0.335 e. The van der Waals surface area contributed by atoms with Crippen molar-refractivity contribution in [2.45, 2.75) is 26.8 Å². The van der Waals surface area contributed by atoms with Crippen molar-refractivity contribution < 1.29 is 9.18 Å². The zero-order chi connectivity index (χ0) is 13.0. The van der Waals surface area contributed by atoms with Gasteiger partial charge in [0.2, 0.25) is 0 Å². The molecule has 0 bridgehead atoms. The molecule has 0 N–H and O–H groups in total. The molecule has 0 fully saturated rings. The van der Waals surface area contributed by atoms with Crippen molar-refractivity contribution in [3.63, 3.8) is 0 Å². The molecule has 0 atom stereocenters. The van der Waals surface area contributed by atoms with Crippen LogP contribution in [-0.2, 0) is 0 Å². The summed E-state index contributed by atoms with van der Waals surface area (Å²) in [5.74, 6) is -0.0110. The van der Waals surface area contributed by atoms with Crippen molar-refractivity contribution in [3.05, 3.63) is 35.1 Å². The van der Waals surface area contributed by atoms with Gasteiger partial charge in [-0.3, -0.25) is 4.79 Å². The molecule has 0 radical (unpaired) electrons. The van der Waals surface area contributed by atoms with Crippen LogP contribution in [0.5, 0.6) is 0 Å². The molecule has 2 nitrogen and oxygen atoms in total. The molecule has 0 spiro atoms. The molecular formula is C13H17ClFNO. The molecule has 1 aromatic rings. The molecule has 0 aliphatic carbocycles. The Morgan fingerprint density at radius 2 is 2.12 bits per heavy atom. The zero-order valence-corrected chi connectivity index (χ0v) is 11.1. The van der Waals surface area contributed by atoms with Crippen LogP contribution >= 0.6 is 11.6 Å². The van der Waals surface area contributed by atoms with Gasteiger partial charge >= 0.3 is 0 Å². The molecule has 0 saturated heterocycles. The number of carbonyl (C=O) groups is 1. The highest BCUT2D eigenvalue weighted by Crippen LogP contribution is 2.13. The first-order valence-corrected chi connectivity index (χ1v) is 6.14. The van der Waals surface area contributed by atoms with Crippen LogP contribution in [0.25, 0.3) is 0 Å². The van der Waals surface area contributed by atoms with Gasteiger partial charge in [0.25, 0.3) is 5.91 Å². The average Bonchev–Trinajstić information content (AvgIpc) is 2.28. The van der Waals surface area contributed by atoms with E-state index in [4.69, 9.17) is 11.6 Å². The molecular weight excluding hydrogens is 241 g/mol. The molecule has 0 aromatic heterocycles. The number of halogens is 2. The lowest BCUT2D eigenvalue weighted by Gasteiger charge is -2.26. The number of aryl methyl sites for hydroxylation is 1. The fraction of sp³-hybridized carbons (Fsp3) is 0.462. The number of amides is 1. The summed E-state index contributed by atoms with van der Waals surface area (Å²) in [4.78, 5) is 13.9. The first kappa shape index (κ1) is 14.0. The van der Waals surface area contributed by atoms with Gasteiger partial charge in [-0.2, -0.15) is 0 Å². The molecule has 4 heteroatoms. The zero-order valence-electron chi connectivity index (χ0n) is 10.3. The number of hydrogen-bond donors (Lipinski definition) is 0. The highest BCUT2D eigenvalue weighted by atomic mass is 35.5. The molecule has 1 aromatic carbocycles. The topological polar surface area (TPSA) is 20.3 Å². The highest BCUT2D eigenvalue weighted by Gasteiger charge is 2.18. The van der Waals surface area contributed by atoms with Crippen LogP contribution in [0.3, 0.4) is 0 Å². The summed E-state index contributed by atoms with van der Waals surface area (Å²) in [7, 11) is 0. The van der Waals surface area contributed by atoms with Gasteiger partial charge in [-0.05, 0) is 44.5 Å². The third kappa shape index (κ3) is 3.43. The number of carbonyl (C=O) groups excluding carboxylic acids is 1. The lowest BCUT2D eigenvalue weighted by Crippen LogP contribution is -2.38. The maximum Gasteiger partial charge on any atom is 0.254 e. The molecule has 0 unspecified atom stereocenters. The molecule has 17 heavy (non-hydrogen) atoms. The van der Waals surface area contributed by atoms with E-state index >= 15 is 0 Å². The standard InChI is InChI=1S/C13H17ClFNO/c1-9(2)16(7-6-14)13(17)11-4-5-12(15)10(3)8-11/h4-5,8-9H,6-7H2,1-3H3. The van der Waals surface area contributed by atoms with Crippen LogP contribution in [0.1, 0.15) is 29.8 Å². The maximum atomic E-state index is 13.1. The van der Waals surface area contributed by atoms with E-state index in [1.807, 2.05) is 13.8 Å². The van der Waals surface area contributed by atoms with E-state index < -0.39 is 0 Å². The number of benzene rings is 1. The Balaban J connectivity index is 2.97. The van der Waals surface area contributed by atoms with Crippen LogP contribution in [0.2, 0.25) is 0 Å². The van der Waals surface area contributed by atoms with Gasteiger partial charge in [-0.1, -0.05) is 0 Å². The van der Waals surface area contributed by atoms with Crippen LogP contribution in [-0.4, -0.2) is 29.3 Å². The van der Waals surface area contributed by atoms with Gasteiger partial charge in [-0.25, -0.2) is 4.39 Å². The minimum absolute atomic E-state index is 0.0756. The Bertz CT molecular complexity index is 406. The van der Waals surface area contributed by atoms with Crippen molar-refractivity contribution in [1.82, 2.24) is 4.90 Å². The number of hydrogen-bond acceptors (Lipinski definition) is 1. The third-order valence-electron chi connectivity index (χ3n) is 2.61. The first-order chi connectivity index (χ1) is 7.97. The highest BCUT2D eigenvalue weighted by molar-refractivity contribution is 6.18. The normalized spacial score (nSPS) is 10.7. The van der Waals surface area contributed by atoms with Crippen molar-refractivity contribution in [1.29, 1.82) is 0 Å². The summed E-state index contributed by atoms with van der Waals surface area (Å²) in [6.45, 7) is 6.00. The number of alkyl halides is 1. The Morgan fingerprint density at radius 1 is 1.47 bits per heavy atom. The SMILES string of the molecule is Cc1cc(C(=O)N(CCCl)C(C)C)ccc1F. The second kappa shape index (κ2) is 6.01. The fourth-order valence-corrected chi connectivity index (χ4v) is 1.81. The molecule has 1 amide bonds. The van der Waals surface area contributed by atoms with Crippen LogP contribution in [0.4, 0.5) is 4.39 Å². The summed E-state index contributed by atoms with van der Waals surface area (Å²) in [6, 6.07) is 4.48. The minimum Gasteiger partial charge on any atom is -0.335 e. The van der Waals surface area contributed by atoms with Crippen LogP contribution in [0.15, 0.2) is 18.2 Å². The third-order valence-corrected chi connectivity index (χ3v) is 2.78. The van der Waals surface area contributed by atoms with Gasteiger partial charge in [0, 0.05) is 24.0 Å². The van der Waals surface area contributed by atoms with Gasteiger partial charge in [0.1, 0.15) is 5.82 Å². The van der Waals surface area contributed by atoms with E-state index in [1.165, 1.54) is 12.1 Å². The second-order valence-corrected chi connectivity index (χ2v) is 4.62. The van der Waals surface area contributed by atoms with E-state index in [0.717, 1.165) is 0 Å². The maximum absolute atomic E-state index is 13.1. The van der Waals surface area contributed by atoms with E-state index in [0.29, 0.717) is 23.6 Å². The summed E-state index contributed by atoms with van der Waals surface area (Å²) >= 11 is 5.67. The van der Waals surface area contributed by atoms with Gasteiger partial charge in [0.05, 0.1) is 0 Å². The lowest BCUT2D eigenvalue weighted by atomic mass is 10.1. The quantitative estimate of drug-likeness (QED) is 0.759. The molecule has 94 valence electrons. The summed E-state index contributed by atoms with van der Waals surface area (Å²) in [5, 5.41) is 0. The minimum atomic E-state index is -0.296. The van der Waals surface area contributed by atoms with Gasteiger partial charge in [0.15, 0.2) is 0 Å². The Kier molecular flexibility index (Phi) is 4.94. The van der Waals surface area contributed by atoms with E-state index in [-0.39, 0.29) is 17.8 Å². The smallest absolute Gasteiger partial charge is 0.254 e. The predicted molar refractivity (Wildman–Crippen MR) is 68.0 cm³/mol. The fourth-order valence-electron chi connectivity index (χ4n) is 1.63. The molecule has 0 saturated carbocycles. The van der Waals surface area contributed by atoms with Crippen molar-refractivity contribution in [2.75, 3.05) is 12.4 Å². The first-order valence-electron chi connectivity index (χ1n) is 5.60. The van der Waals surface area contributed by atoms with E-state index in [2.05, 4.69) is 0 Å². The molecule has 0 heterocycles. The second-order valence-electron chi connectivity index (χ2n) is 4.25. The van der Waals surface area contributed by atoms with Gasteiger partial charge < -0.3 is 4.90 Å². The number of nitrogens with zero attached hydrogens (tertiary/aromatic N) is 1. The monoisotopic (exact) mass is 257 g/mol. The number of rotatable bonds is 4. The molecule has 0 aliphatic rings. The van der Waals surface area contributed by atoms with Gasteiger partial charge in [-0.15, -0.1) is 11.6 Å².